The van der Waals surface area contributed by atoms with Crippen LogP contribution in [0.4, 0.5) is 0 Å². The van der Waals surface area contributed by atoms with E-state index in [1.807, 2.05) is 12.2 Å². The Morgan fingerprint density at radius 2 is 1.82 bits per heavy atom. The summed E-state index contributed by atoms with van der Waals surface area (Å²) < 4.78 is 0. The molecule has 3 N–H and O–H groups in total. The van der Waals surface area contributed by atoms with Crippen LogP contribution in [0.2, 0.25) is 0 Å². The molecule has 0 aromatic carbocycles. The van der Waals surface area contributed by atoms with Crippen molar-refractivity contribution in [3.05, 3.63) is 23.8 Å². The molecule has 22 heavy (non-hydrogen) atoms. The van der Waals surface area contributed by atoms with Crippen LogP contribution in [0.5, 0.6) is 0 Å². The van der Waals surface area contributed by atoms with Gasteiger partial charge in [0, 0.05) is 5.41 Å². The van der Waals surface area contributed by atoms with Crippen LogP contribution in [0.1, 0.15) is 46.0 Å². The molecule has 4 aliphatic carbocycles. The molecule has 122 valence electrons. The molecule has 4 rings (SSSR count). The molecule has 0 radical (unpaired) electrons. The maximum Gasteiger partial charge on any atom is 0.0758 e. The van der Waals surface area contributed by atoms with Gasteiger partial charge in [-0.2, -0.15) is 0 Å². The number of fused-ring (bicyclic) bond motifs is 5. The molecule has 3 nitrogen and oxygen atoms in total. The number of rotatable bonds is 0. The second kappa shape index (κ2) is 4.68. The first kappa shape index (κ1) is 14.9. The van der Waals surface area contributed by atoms with Crippen molar-refractivity contribution in [3.63, 3.8) is 0 Å². The average Bonchev–Trinajstić information content (AvgIpc) is 2.77. The van der Waals surface area contributed by atoms with Gasteiger partial charge < -0.3 is 15.3 Å². The highest BCUT2D eigenvalue weighted by Crippen LogP contribution is 2.63. The molecular formula is C19H28O3. The number of allylic oxidation sites excluding steroid dienone is 1. The van der Waals surface area contributed by atoms with Gasteiger partial charge >= 0.3 is 0 Å². The molecule has 0 aromatic heterocycles. The summed E-state index contributed by atoms with van der Waals surface area (Å²) in [6, 6.07) is 0. The van der Waals surface area contributed by atoms with Gasteiger partial charge in [-0.05, 0) is 55.3 Å². The van der Waals surface area contributed by atoms with Crippen LogP contribution in [0.25, 0.3) is 0 Å². The van der Waals surface area contributed by atoms with Crippen LogP contribution in [-0.4, -0.2) is 33.6 Å². The van der Waals surface area contributed by atoms with E-state index in [2.05, 4.69) is 19.9 Å². The number of aliphatic hydroxyl groups excluding tert-OH is 3. The normalized spacial score (nSPS) is 56.9. The van der Waals surface area contributed by atoms with Gasteiger partial charge in [0.15, 0.2) is 0 Å². The topological polar surface area (TPSA) is 60.7 Å². The van der Waals surface area contributed by atoms with Crippen molar-refractivity contribution in [2.24, 2.45) is 28.6 Å². The summed E-state index contributed by atoms with van der Waals surface area (Å²) in [6.45, 7) is 4.50. The fourth-order valence-electron chi connectivity index (χ4n) is 6.20. The predicted octanol–water partition coefficient (Wildman–Crippen LogP) is 2.42. The number of hydrogen-bond acceptors (Lipinski definition) is 3. The van der Waals surface area contributed by atoms with Crippen molar-refractivity contribution in [2.45, 2.75) is 64.3 Å². The Labute approximate surface area is 132 Å². The minimum atomic E-state index is -0.429. The molecule has 0 spiro atoms. The van der Waals surface area contributed by atoms with E-state index in [9.17, 15) is 15.3 Å². The second-order valence-electron chi connectivity index (χ2n) is 8.52. The Kier molecular flexibility index (Phi) is 3.18. The van der Waals surface area contributed by atoms with Crippen molar-refractivity contribution < 1.29 is 15.3 Å². The first-order chi connectivity index (χ1) is 10.4. The van der Waals surface area contributed by atoms with E-state index in [-0.39, 0.29) is 22.9 Å². The first-order valence-electron chi connectivity index (χ1n) is 8.81. The van der Waals surface area contributed by atoms with E-state index in [1.165, 1.54) is 5.57 Å². The van der Waals surface area contributed by atoms with Gasteiger partial charge in [0.2, 0.25) is 0 Å². The van der Waals surface area contributed by atoms with Crippen LogP contribution in [-0.2, 0) is 0 Å². The van der Waals surface area contributed by atoms with Gasteiger partial charge in [-0.3, -0.25) is 0 Å². The highest BCUT2D eigenvalue weighted by molar-refractivity contribution is 5.34. The summed E-state index contributed by atoms with van der Waals surface area (Å²) in [5.74, 6) is 1.07. The molecule has 8 atom stereocenters. The molecule has 0 bridgehead atoms. The molecule has 0 aromatic rings. The van der Waals surface area contributed by atoms with E-state index in [4.69, 9.17) is 0 Å². The Hall–Kier alpha value is -0.640. The van der Waals surface area contributed by atoms with Crippen LogP contribution < -0.4 is 0 Å². The van der Waals surface area contributed by atoms with E-state index >= 15 is 0 Å². The van der Waals surface area contributed by atoms with Crippen molar-refractivity contribution >= 4 is 0 Å². The predicted molar refractivity (Wildman–Crippen MR) is 85.0 cm³/mol. The second-order valence-corrected chi connectivity index (χ2v) is 8.52. The zero-order valence-electron chi connectivity index (χ0n) is 13.6. The van der Waals surface area contributed by atoms with Gasteiger partial charge in [0.25, 0.3) is 0 Å². The lowest BCUT2D eigenvalue weighted by Crippen LogP contribution is -2.54. The van der Waals surface area contributed by atoms with Gasteiger partial charge in [-0.25, -0.2) is 0 Å². The molecule has 4 aliphatic rings. The summed E-state index contributed by atoms with van der Waals surface area (Å²) in [6.07, 6.45) is 9.74. The Bertz CT molecular complexity index is 539. The Morgan fingerprint density at radius 1 is 1.05 bits per heavy atom. The van der Waals surface area contributed by atoms with Gasteiger partial charge in [0.05, 0.1) is 18.3 Å². The minimum Gasteiger partial charge on any atom is -0.393 e. The molecule has 0 saturated heterocycles. The van der Waals surface area contributed by atoms with E-state index in [0.29, 0.717) is 18.3 Å². The molecular weight excluding hydrogens is 276 g/mol. The highest BCUT2D eigenvalue weighted by Gasteiger charge is 2.59. The Morgan fingerprint density at radius 3 is 2.59 bits per heavy atom. The average molecular weight is 304 g/mol. The summed E-state index contributed by atoms with van der Waals surface area (Å²) in [5, 5.41) is 31.2. The standard InChI is InChI=1S/C19H28O3/c1-18-7-5-12(20)9-11(18)10-15(21)17-13-3-4-16(22)19(13,2)8-6-14(17)18/h5,7,10,12-17,20-22H,3-4,6,8-9H2,1-2H3/t12-,13-,14-,15+,16-,17-,18-,19-/m0/s1. The lowest BCUT2D eigenvalue weighted by Gasteiger charge is -2.57. The fraction of sp³-hybridized carbons (Fsp3) is 0.789. The molecule has 2 saturated carbocycles. The quantitative estimate of drug-likeness (QED) is 0.602. The van der Waals surface area contributed by atoms with E-state index in [1.54, 1.807) is 0 Å². The van der Waals surface area contributed by atoms with Gasteiger partial charge in [0.1, 0.15) is 0 Å². The van der Waals surface area contributed by atoms with Crippen LogP contribution in [0.3, 0.4) is 0 Å². The third kappa shape index (κ3) is 1.79. The first-order valence-corrected chi connectivity index (χ1v) is 8.81. The molecule has 0 unspecified atom stereocenters. The van der Waals surface area contributed by atoms with Gasteiger partial charge in [-0.15, -0.1) is 0 Å². The summed E-state index contributed by atoms with van der Waals surface area (Å²) in [4.78, 5) is 0. The lowest BCUT2D eigenvalue weighted by molar-refractivity contribution is -0.0907. The van der Waals surface area contributed by atoms with Gasteiger partial charge in [-0.1, -0.05) is 37.6 Å². The molecule has 3 heteroatoms. The Balaban J connectivity index is 1.76. The fourth-order valence-corrected chi connectivity index (χ4v) is 6.20. The number of hydrogen-bond donors (Lipinski definition) is 3. The summed E-state index contributed by atoms with van der Waals surface area (Å²) >= 11 is 0. The zero-order valence-corrected chi connectivity index (χ0v) is 13.6. The summed E-state index contributed by atoms with van der Waals surface area (Å²) in [5.41, 5.74) is 1.15. The molecule has 0 heterocycles. The third-order valence-electron chi connectivity index (χ3n) is 7.60. The van der Waals surface area contributed by atoms with Crippen molar-refractivity contribution in [2.75, 3.05) is 0 Å². The van der Waals surface area contributed by atoms with Crippen LogP contribution in [0.15, 0.2) is 23.8 Å². The monoisotopic (exact) mass is 304 g/mol. The lowest BCUT2D eigenvalue weighted by atomic mass is 9.48. The maximum atomic E-state index is 10.8. The maximum absolute atomic E-state index is 10.8. The summed E-state index contributed by atoms with van der Waals surface area (Å²) in [7, 11) is 0. The smallest absolute Gasteiger partial charge is 0.0758 e. The zero-order chi connectivity index (χ0) is 15.7. The SMILES string of the molecule is C[C@]12CC[C@H]3[C@@H]([C@H](O)C=C4C[C@@H](O)C=C[C@@]43C)[C@@H]1CC[C@@H]2O. The van der Waals surface area contributed by atoms with E-state index < -0.39 is 12.2 Å². The largest absolute Gasteiger partial charge is 0.393 e. The highest BCUT2D eigenvalue weighted by atomic mass is 16.3. The molecule has 0 amide bonds. The number of aliphatic hydroxyl groups is 3. The molecule has 2 fully saturated rings. The van der Waals surface area contributed by atoms with E-state index in [0.717, 1.165) is 25.7 Å². The third-order valence-corrected chi connectivity index (χ3v) is 7.60. The van der Waals surface area contributed by atoms with Crippen LogP contribution in [0, 0.1) is 28.6 Å². The molecule has 0 aliphatic heterocycles. The minimum absolute atomic E-state index is 0.0260. The van der Waals surface area contributed by atoms with Crippen LogP contribution >= 0.6 is 0 Å². The van der Waals surface area contributed by atoms with Crippen molar-refractivity contribution in [3.8, 4) is 0 Å². The van der Waals surface area contributed by atoms with Crippen molar-refractivity contribution in [1.82, 2.24) is 0 Å². The van der Waals surface area contributed by atoms with Crippen molar-refractivity contribution in [1.29, 1.82) is 0 Å².